The van der Waals surface area contributed by atoms with E-state index >= 15 is 0 Å². The lowest BCUT2D eigenvalue weighted by Crippen LogP contribution is -2.17. The highest BCUT2D eigenvalue weighted by Crippen LogP contribution is 2.28. The van der Waals surface area contributed by atoms with Crippen LogP contribution in [0.3, 0.4) is 0 Å². The molecule has 2 unspecified atom stereocenters. The Morgan fingerprint density at radius 2 is 2.24 bits per heavy atom. The number of nitrogens with zero attached hydrogens (tertiary/aromatic N) is 1. The van der Waals surface area contributed by atoms with Crippen molar-refractivity contribution in [2.45, 2.75) is 25.0 Å². The molecule has 1 aliphatic heterocycles. The number of nitriles is 1. The highest BCUT2D eigenvalue weighted by Gasteiger charge is 2.22. The first-order valence-electron chi connectivity index (χ1n) is 5.27. The Morgan fingerprint density at radius 3 is 2.94 bits per heavy atom. The molecule has 1 aromatic carbocycles. The van der Waals surface area contributed by atoms with Crippen LogP contribution < -0.4 is 5.32 Å². The molecule has 0 spiro atoms. The third-order valence-electron chi connectivity index (χ3n) is 2.77. The van der Waals surface area contributed by atoms with Crippen LogP contribution in [0.5, 0.6) is 0 Å². The van der Waals surface area contributed by atoms with Crippen molar-refractivity contribution in [2.24, 2.45) is 0 Å². The van der Waals surface area contributed by atoms with Crippen molar-refractivity contribution in [3.05, 3.63) is 29.3 Å². The number of carbonyl (C=O) groups is 1. The lowest BCUT2D eigenvalue weighted by molar-refractivity contribution is -0.115. The van der Waals surface area contributed by atoms with Crippen molar-refractivity contribution >= 4 is 11.6 Å². The second-order valence-electron chi connectivity index (χ2n) is 4.02. The van der Waals surface area contributed by atoms with E-state index in [1.165, 1.54) is 0 Å². The quantitative estimate of drug-likeness (QED) is 0.707. The zero-order chi connectivity index (χ0) is 12.4. The summed E-state index contributed by atoms with van der Waals surface area (Å²) in [5, 5.41) is 30.4. The van der Waals surface area contributed by atoms with E-state index in [-0.39, 0.29) is 12.3 Å². The Labute approximate surface area is 98.3 Å². The number of nitrogens with one attached hydrogen (secondary N) is 1. The number of fused-ring (bicyclic) bond motifs is 1. The first-order chi connectivity index (χ1) is 8.11. The molecule has 5 heteroatoms. The number of carbonyl (C=O) groups excluding carboxylic acids is 1. The minimum Gasteiger partial charge on any atom is -0.389 e. The summed E-state index contributed by atoms with van der Waals surface area (Å²) in [5.74, 6) is -0.0794. The maximum absolute atomic E-state index is 11.2. The fourth-order valence-electron chi connectivity index (χ4n) is 1.84. The molecule has 0 aliphatic carbocycles. The largest absolute Gasteiger partial charge is 0.389 e. The minimum atomic E-state index is -1.12. The second-order valence-corrected chi connectivity index (χ2v) is 4.02. The Morgan fingerprint density at radius 1 is 1.47 bits per heavy atom. The number of benzene rings is 1. The summed E-state index contributed by atoms with van der Waals surface area (Å²) >= 11 is 0. The van der Waals surface area contributed by atoms with Crippen LogP contribution in [0.25, 0.3) is 0 Å². The Balaban J connectivity index is 2.21. The summed E-state index contributed by atoms with van der Waals surface area (Å²) in [7, 11) is 0. The molecule has 2 atom stereocenters. The number of aliphatic hydroxyl groups is 2. The van der Waals surface area contributed by atoms with E-state index in [1.54, 1.807) is 24.3 Å². The first kappa shape index (κ1) is 11.6. The number of rotatable bonds is 3. The van der Waals surface area contributed by atoms with E-state index < -0.39 is 12.2 Å². The zero-order valence-corrected chi connectivity index (χ0v) is 9.05. The number of aliphatic hydroxyl groups excluding tert-OH is 2. The fourth-order valence-corrected chi connectivity index (χ4v) is 1.84. The molecule has 1 heterocycles. The van der Waals surface area contributed by atoms with Crippen molar-refractivity contribution in [2.75, 3.05) is 5.32 Å². The molecule has 5 nitrogen and oxygen atoms in total. The molecule has 0 fully saturated rings. The van der Waals surface area contributed by atoms with Gasteiger partial charge in [-0.05, 0) is 17.2 Å². The average molecular weight is 232 g/mol. The lowest BCUT2D eigenvalue weighted by atomic mass is 10.00. The normalized spacial score (nSPS) is 16.9. The van der Waals surface area contributed by atoms with E-state index in [4.69, 9.17) is 5.26 Å². The van der Waals surface area contributed by atoms with E-state index in [0.717, 1.165) is 5.56 Å². The molecule has 1 aliphatic rings. The van der Waals surface area contributed by atoms with Gasteiger partial charge in [0.15, 0.2) is 0 Å². The first-order valence-corrected chi connectivity index (χ1v) is 5.27. The van der Waals surface area contributed by atoms with Crippen LogP contribution in [0.1, 0.15) is 23.7 Å². The number of anilines is 1. The van der Waals surface area contributed by atoms with Crippen LogP contribution in [0.4, 0.5) is 5.69 Å². The van der Waals surface area contributed by atoms with Crippen molar-refractivity contribution in [1.29, 1.82) is 5.26 Å². The standard InChI is InChI=1S/C12H12N2O3/c13-4-3-10(15)12(17)8-2-1-7-6-11(16)14-9(7)5-8/h1-2,5,10,12,15,17H,3,6H2,(H,14,16). The third-order valence-corrected chi connectivity index (χ3v) is 2.77. The van der Waals surface area contributed by atoms with Crippen molar-refractivity contribution in [3.8, 4) is 6.07 Å². The van der Waals surface area contributed by atoms with Gasteiger partial charge in [-0.15, -0.1) is 0 Å². The molecule has 2 rings (SSSR count). The van der Waals surface area contributed by atoms with Gasteiger partial charge in [0.1, 0.15) is 6.10 Å². The smallest absolute Gasteiger partial charge is 0.228 e. The van der Waals surface area contributed by atoms with Crippen LogP contribution >= 0.6 is 0 Å². The van der Waals surface area contributed by atoms with Gasteiger partial charge >= 0.3 is 0 Å². The Kier molecular flexibility index (Phi) is 3.09. The average Bonchev–Trinajstić information content (AvgIpc) is 2.67. The minimum absolute atomic E-state index is 0.0794. The van der Waals surface area contributed by atoms with Crippen LogP contribution in [-0.4, -0.2) is 22.2 Å². The van der Waals surface area contributed by atoms with Gasteiger partial charge in [0, 0.05) is 5.69 Å². The maximum atomic E-state index is 11.2. The molecule has 1 amide bonds. The molecular weight excluding hydrogens is 220 g/mol. The van der Waals surface area contributed by atoms with Crippen LogP contribution in [-0.2, 0) is 11.2 Å². The SMILES string of the molecule is N#CCC(O)C(O)c1ccc2c(c1)NC(=O)C2. The Bertz CT molecular complexity index is 493. The van der Waals surface area contributed by atoms with Gasteiger partial charge in [-0.25, -0.2) is 0 Å². The summed E-state index contributed by atoms with van der Waals surface area (Å²) in [5.41, 5.74) is 2.03. The molecule has 0 radical (unpaired) electrons. The van der Waals surface area contributed by atoms with Gasteiger partial charge in [-0.2, -0.15) is 5.26 Å². The van der Waals surface area contributed by atoms with E-state index in [2.05, 4.69) is 5.32 Å². The van der Waals surface area contributed by atoms with Gasteiger partial charge in [0.25, 0.3) is 0 Å². The highest BCUT2D eigenvalue weighted by atomic mass is 16.3. The summed E-state index contributed by atoms with van der Waals surface area (Å²) in [4.78, 5) is 11.2. The highest BCUT2D eigenvalue weighted by molar-refractivity contribution is 5.99. The number of hydrogen-bond donors (Lipinski definition) is 3. The molecule has 0 saturated heterocycles. The predicted octanol–water partition coefficient (Wildman–Crippen LogP) is 0.489. The Hall–Kier alpha value is -1.90. The van der Waals surface area contributed by atoms with Crippen LogP contribution in [0.2, 0.25) is 0 Å². The van der Waals surface area contributed by atoms with E-state index in [0.29, 0.717) is 17.7 Å². The van der Waals surface area contributed by atoms with E-state index in [1.807, 2.05) is 0 Å². The molecule has 17 heavy (non-hydrogen) atoms. The molecular formula is C12H12N2O3. The maximum Gasteiger partial charge on any atom is 0.228 e. The monoisotopic (exact) mass is 232 g/mol. The summed E-state index contributed by atoms with van der Waals surface area (Å²) in [6.07, 6.45) is -2.02. The number of hydrogen-bond acceptors (Lipinski definition) is 4. The van der Waals surface area contributed by atoms with Crippen molar-refractivity contribution < 1.29 is 15.0 Å². The van der Waals surface area contributed by atoms with Crippen LogP contribution in [0.15, 0.2) is 18.2 Å². The van der Waals surface area contributed by atoms with E-state index in [9.17, 15) is 15.0 Å². The van der Waals surface area contributed by atoms with Crippen molar-refractivity contribution in [3.63, 3.8) is 0 Å². The lowest BCUT2D eigenvalue weighted by Gasteiger charge is -2.16. The van der Waals surface area contributed by atoms with Gasteiger partial charge < -0.3 is 15.5 Å². The molecule has 0 aromatic heterocycles. The van der Waals surface area contributed by atoms with Crippen molar-refractivity contribution in [1.82, 2.24) is 0 Å². The van der Waals surface area contributed by atoms with Gasteiger partial charge in [0.2, 0.25) is 5.91 Å². The molecule has 0 saturated carbocycles. The van der Waals surface area contributed by atoms with Gasteiger partial charge in [0.05, 0.1) is 25.0 Å². The molecule has 1 aromatic rings. The topological polar surface area (TPSA) is 93.3 Å². The van der Waals surface area contributed by atoms with Gasteiger partial charge in [-0.3, -0.25) is 4.79 Å². The van der Waals surface area contributed by atoms with Crippen LogP contribution in [0, 0.1) is 11.3 Å². The fraction of sp³-hybridized carbons (Fsp3) is 0.333. The zero-order valence-electron chi connectivity index (χ0n) is 9.05. The molecule has 0 bridgehead atoms. The van der Waals surface area contributed by atoms with Gasteiger partial charge in [-0.1, -0.05) is 12.1 Å². The second kappa shape index (κ2) is 4.53. The molecule has 88 valence electrons. The third kappa shape index (κ3) is 2.28. The summed E-state index contributed by atoms with van der Waals surface area (Å²) in [6.45, 7) is 0. The summed E-state index contributed by atoms with van der Waals surface area (Å²) in [6, 6.07) is 6.83. The number of amides is 1. The summed E-state index contributed by atoms with van der Waals surface area (Å²) < 4.78 is 0. The predicted molar refractivity (Wildman–Crippen MR) is 60.0 cm³/mol. The molecule has 3 N–H and O–H groups in total.